The van der Waals surface area contributed by atoms with Crippen molar-refractivity contribution < 1.29 is 9.53 Å². The first kappa shape index (κ1) is 14.2. The number of nitrogens with two attached hydrogens (primary N) is 1. The van der Waals surface area contributed by atoms with Gasteiger partial charge >= 0.3 is 0 Å². The Kier molecular flexibility index (Phi) is 4.48. The van der Waals surface area contributed by atoms with E-state index < -0.39 is 6.04 Å². The highest BCUT2D eigenvalue weighted by Gasteiger charge is 2.18. The maximum absolute atomic E-state index is 12.4. The van der Waals surface area contributed by atoms with E-state index in [2.05, 4.69) is 4.98 Å². The van der Waals surface area contributed by atoms with E-state index >= 15 is 0 Å². The minimum Gasteiger partial charge on any atom is -0.489 e. The number of Topliss-reactive ketones (excluding diaryl/α,β-unsaturated/α-hetero) is 1. The predicted molar refractivity (Wildman–Crippen MR) is 77.7 cm³/mol. The van der Waals surface area contributed by atoms with Crippen molar-refractivity contribution in [3.8, 4) is 5.75 Å². The number of ether oxygens (including phenoxy) is 1. The third kappa shape index (κ3) is 3.42. The zero-order chi connectivity index (χ0) is 14.5. The monoisotopic (exact) mass is 270 g/mol. The lowest BCUT2D eigenvalue weighted by Gasteiger charge is -2.13. The maximum Gasteiger partial charge on any atom is 0.185 e. The van der Waals surface area contributed by atoms with Crippen molar-refractivity contribution >= 4 is 5.78 Å². The minimum atomic E-state index is -0.688. The molecule has 0 aliphatic rings. The van der Waals surface area contributed by atoms with Crippen LogP contribution in [0.4, 0.5) is 0 Å². The number of carbonyl (C=O) groups is 1. The van der Waals surface area contributed by atoms with Gasteiger partial charge in [-0.2, -0.15) is 0 Å². The molecule has 104 valence electrons. The van der Waals surface area contributed by atoms with Gasteiger partial charge in [-0.05, 0) is 25.5 Å². The number of benzene rings is 1. The largest absolute Gasteiger partial charge is 0.489 e. The Morgan fingerprint density at radius 1 is 1.20 bits per heavy atom. The number of nitrogens with zero attached hydrogens (tertiary/aromatic N) is 1. The highest BCUT2D eigenvalue weighted by atomic mass is 16.5. The molecule has 1 aromatic carbocycles. The molecule has 0 aliphatic heterocycles. The van der Waals surface area contributed by atoms with E-state index in [4.69, 9.17) is 10.5 Å². The van der Waals surface area contributed by atoms with E-state index in [1.807, 2.05) is 44.2 Å². The molecule has 4 heteroatoms. The summed E-state index contributed by atoms with van der Waals surface area (Å²) in [5, 5.41) is 0. The summed E-state index contributed by atoms with van der Waals surface area (Å²) in [5.41, 5.74) is 7.25. The van der Waals surface area contributed by atoms with Gasteiger partial charge < -0.3 is 10.5 Å². The first-order valence-electron chi connectivity index (χ1n) is 6.54. The quantitative estimate of drug-likeness (QED) is 0.848. The Bertz CT molecular complexity index is 582. The summed E-state index contributed by atoms with van der Waals surface area (Å²) in [5.74, 6) is 0.406. The van der Waals surface area contributed by atoms with Gasteiger partial charge in [0.15, 0.2) is 5.78 Å². The topological polar surface area (TPSA) is 65.2 Å². The van der Waals surface area contributed by atoms with Crippen LogP contribution in [0.1, 0.15) is 35.8 Å². The van der Waals surface area contributed by atoms with E-state index in [1.165, 1.54) is 6.20 Å². The molecule has 0 amide bonds. The summed E-state index contributed by atoms with van der Waals surface area (Å²) in [6.07, 6.45) is 3.13. The Labute approximate surface area is 118 Å². The number of ketones is 1. The first-order chi connectivity index (χ1) is 9.58. The summed E-state index contributed by atoms with van der Waals surface area (Å²) in [7, 11) is 0. The Morgan fingerprint density at radius 2 is 1.90 bits per heavy atom. The van der Waals surface area contributed by atoms with E-state index in [0.717, 1.165) is 5.56 Å². The van der Waals surface area contributed by atoms with Crippen LogP contribution in [0.15, 0.2) is 48.8 Å². The van der Waals surface area contributed by atoms with Crippen LogP contribution >= 0.6 is 0 Å². The highest BCUT2D eigenvalue weighted by Crippen LogP contribution is 2.19. The SMILES string of the molecule is CC(C)Oc1cncc(C(=O)[C@H](N)c2ccccc2)c1. The molecule has 0 aliphatic carbocycles. The van der Waals surface area contributed by atoms with Crippen LogP contribution in [0.2, 0.25) is 0 Å². The average Bonchev–Trinajstić information content (AvgIpc) is 2.46. The number of pyridine rings is 1. The molecule has 0 fully saturated rings. The summed E-state index contributed by atoms with van der Waals surface area (Å²) < 4.78 is 5.53. The lowest BCUT2D eigenvalue weighted by atomic mass is 9.99. The molecule has 0 saturated carbocycles. The molecule has 0 radical (unpaired) electrons. The van der Waals surface area contributed by atoms with Crippen LogP contribution in [-0.4, -0.2) is 16.9 Å². The molecule has 4 nitrogen and oxygen atoms in total. The lowest BCUT2D eigenvalue weighted by molar-refractivity contribution is 0.0960. The van der Waals surface area contributed by atoms with Gasteiger partial charge in [-0.15, -0.1) is 0 Å². The van der Waals surface area contributed by atoms with Crippen molar-refractivity contribution in [2.75, 3.05) is 0 Å². The number of hydrogen-bond donors (Lipinski definition) is 1. The second-order valence-corrected chi connectivity index (χ2v) is 4.83. The highest BCUT2D eigenvalue weighted by molar-refractivity contribution is 6.00. The first-order valence-corrected chi connectivity index (χ1v) is 6.54. The van der Waals surface area contributed by atoms with Gasteiger partial charge in [-0.1, -0.05) is 30.3 Å². The molecular formula is C16H18N2O2. The van der Waals surface area contributed by atoms with Gasteiger partial charge in [-0.25, -0.2) is 0 Å². The van der Waals surface area contributed by atoms with Crippen molar-refractivity contribution in [2.45, 2.75) is 26.0 Å². The van der Waals surface area contributed by atoms with Crippen molar-refractivity contribution in [3.05, 3.63) is 59.9 Å². The molecule has 20 heavy (non-hydrogen) atoms. The Hall–Kier alpha value is -2.20. The average molecular weight is 270 g/mol. The fourth-order valence-electron chi connectivity index (χ4n) is 1.88. The second kappa shape index (κ2) is 6.30. The number of aromatic nitrogens is 1. The molecule has 0 spiro atoms. The zero-order valence-corrected chi connectivity index (χ0v) is 11.6. The van der Waals surface area contributed by atoms with Gasteiger partial charge in [0.2, 0.25) is 0 Å². The molecule has 0 bridgehead atoms. The summed E-state index contributed by atoms with van der Waals surface area (Å²) >= 11 is 0. The zero-order valence-electron chi connectivity index (χ0n) is 11.6. The molecule has 2 aromatic rings. The Morgan fingerprint density at radius 3 is 2.55 bits per heavy atom. The molecule has 0 saturated heterocycles. The third-order valence-electron chi connectivity index (χ3n) is 2.81. The van der Waals surface area contributed by atoms with E-state index in [9.17, 15) is 4.79 Å². The molecule has 2 N–H and O–H groups in total. The molecule has 1 aromatic heterocycles. The fraction of sp³-hybridized carbons (Fsp3) is 0.250. The number of rotatable bonds is 5. The summed E-state index contributed by atoms with van der Waals surface area (Å²) in [6.45, 7) is 3.84. The standard InChI is InChI=1S/C16H18N2O2/c1-11(2)20-14-8-13(9-18-10-14)16(19)15(17)12-6-4-3-5-7-12/h3-11,15H,17H2,1-2H3/t15-/m1/s1. The number of hydrogen-bond acceptors (Lipinski definition) is 4. The third-order valence-corrected chi connectivity index (χ3v) is 2.81. The van der Waals surface area contributed by atoms with Crippen LogP contribution < -0.4 is 10.5 Å². The fourth-order valence-corrected chi connectivity index (χ4v) is 1.88. The van der Waals surface area contributed by atoms with E-state index in [1.54, 1.807) is 12.3 Å². The van der Waals surface area contributed by atoms with Crippen molar-refractivity contribution in [1.82, 2.24) is 4.98 Å². The number of carbonyl (C=O) groups excluding carboxylic acids is 1. The van der Waals surface area contributed by atoms with Crippen molar-refractivity contribution in [3.63, 3.8) is 0 Å². The van der Waals surface area contributed by atoms with Crippen molar-refractivity contribution in [1.29, 1.82) is 0 Å². The molecule has 1 heterocycles. The molecule has 2 rings (SSSR count). The van der Waals surface area contributed by atoms with E-state index in [0.29, 0.717) is 11.3 Å². The predicted octanol–water partition coefficient (Wildman–Crippen LogP) is 2.75. The van der Waals surface area contributed by atoms with Gasteiger partial charge in [0, 0.05) is 11.8 Å². The van der Waals surface area contributed by atoms with Crippen LogP contribution in [0.3, 0.4) is 0 Å². The van der Waals surface area contributed by atoms with Crippen LogP contribution in [0, 0.1) is 0 Å². The van der Waals surface area contributed by atoms with Gasteiger partial charge in [0.25, 0.3) is 0 Å². The molecule has 0 unspecified atom stereocenters. The van der Waals surface area contributed by atoms with Crippen LogP contribution in [-0.2, 0) is 0 Å². The van der Waals surface area contributed by atoms with Gasteiger partial charge in [0.05, 0.1) is 18.3 Å². The van der Waals surface area contributed by atoms with Crippen LogP contribution in [0.5, 0.6) is 5.75 Å². The normalized spacial score (nSPS) is 12.2. The van der Waals surface area contributed by atoms with Gasteiger partial charge in [-0.3, -0.25) is 9.78 Å². The van der Waals surface area contributed by atoms with Gasteiger partial charge in [0.1, 0.15) is 5.75 Å². The molecular weight excluding hydrogens is 252 g/mol. The lowest BCUT2D eigenvalue weighted by Crippen LogP contribution is -2.21. The molecule has 1 atom stereocenters. The Balaban J connectivity index is 2.21. The van der Waals surface area contributed by atoms with Crippen molar-refractivity contribution in [2.24, 2.45) is 5.73 Å². The minimum absolute atomic E-state index is 0.0324. The van der Waals surface area contributed by atoms with Crippen LogP contribution in [0.25, 0.3) is 0 Å². The van der Waals surface area contributed by atoms with E-state index in [-0.39, 0.29) is 11.9 Å². The smallest absolute Gasteiger partial charge is 0.185 e. The second-order valence-electron chi connectivity index (χ2n) is 4.83. The summed E-state index contributed by atoms with van der Waals surface area (Å²) in [6, 6.07) is 10.3. The maximum atomic E-state index is 12.4. The summed E-state index contributed by atoms with van der Waals surface area (Å²) in [4.78, 5) is 16.4.